The molecule has 0 aliphatic rings. The van der Waals surface area contributed by atoms with Gasteiger partial charge < -0.3 is 10.8 Å². The Balaban J connectivity index is 3.52. The summed E-state index contributed by atoms with van der Waals surface area (Å²) < 4.78 is 0. The topological polar surface area (TPSA) is 63.3 Å². The fourth-order valence-electron chi connectivity index (χ4n) is 0.230. The van der Waals surface area contributed by atoms with Crippen LogP contribution in [0.25, 0.3) is 0 Å². The van der Waals surface area contributed by atoms with Gasteiger partial charge in [-0.2, -0.15) is 0 Å². The number of halogens is 1. The molecule has 0 aromatic carbocycles. The van der Waals surface area contributed by atoms with Crippen molar-refractivity contribution in [2.24, 2.45) is 11.7 Å². The zero-order valence-electron chi connectivity index (χ0n) is 4.30. The Kier molecular flexibility index (Phi) is 3.56. The summed E-state index contributed by atoms with van der Waals surface area (Å²) in [5.74, 6) is -1.43. The van der Waals surface area contributed by atoms with E-state index in [0.29, 0.717) is 0 Å². The van der Waals surface area contributed by atoms with Gasteiger partial charge in [0.05, 0.1) is 5.92 Å². The number of carboxylic acid groups (broad SMARTS) is 1. The second kappa shape index (κ2) is 3.69. The average molecular weight is 138 g/mol. The Morgan fingerprint density at radius 1 is 1.88 bits per heavy atom. The van der Waals surface area contributed by atoms with E-state index in [4.69, 9.17) is 22.4 Å². The Morgan fingerprint density at radius 2 is 2.38 bits per heavy atom. The van der Waals surface area contributed by atoms with Crippen molar-refractivity contribution in [2.45, 2.75) is 0 Å². The number of nitrogens with two attached hydrogens (primary N) is 1. The first-order valence-corrected chi connectivity index (χ1v) is 2.74. The molecule has 0 saturated carbocycles. The molecule has 0 amide bonds. The first kappa shape index (κ1) is 7.72. The summed E-state index contributed by atoms with van der Waals surface area (Å²) in [6.45, 7) is 0.110. The standard InChI is InChI=1S/C4H8ClNO2/c5-1-3(2-6)4(7)8/h3H,1-2,6H2,(H,7,8). The van der Waals surface area contributed by atoms with E-state index >= 15 is 0 Å². The van der Waals surface area contributed by atoms with Crippen molar-refractivity contribution in [1.82, 2.24) is 0 Å². The minimum absolute atomic E-state index is 0.0891. The lowest BCUT2D eigenvalue weighted by Crippen LogP contribution is -2.24. The van der Waals surface area contributed by atoms with Gasteiger partial charge in [-0.05, 0) is 0 Å². The molecule has 1 atom stereocenters. The molecule has 0 spiro atoms. The van der Waals surface area contributed by atoms with Crippen LogP contribution in [0.4, 0.5) is 0 Å². The highest BCUT2D eigenvalue weighted by Crippen LogP contribution is 1.95. The summed E-state index contributed by atoms with van der Waals surface area (Å²) >= 11 is 5.20. The Hall–Kier alpha value is -0.280. The molecular formula is C4H8ClNO2. The van der Waals surface area contributed by atoms with Crippen LogP contribution >= 0.6 is 11.6 Å². The predicted octanol–water partition coefficient (Wildman–Crippen LogP) is -0.115. The van der Waals surface area contributed by atoms with Gasteiger partial charge in [0.2, 0.25) is 0 Å². The SMILES string of the molecule is NCC(CCl)C(=O)O. The van der Waals surface area contributed by atoms with Gasteiger partial charge in [-0.3, -0.25) is 4.79 Å². The van der Waals surface area contributed by atoms with Crippen molar-refractivity contribution < 1.29 is 9.90 Å². The van der Waals surface area contributed by atoms with Crippen LogP contribution in [-0.2, 0) is 4.79 Å². The third-order valence-corrected chi connectivity index (χ3v) is 1.19. The summed E-state index contributed by atoms with van der Waals surface area (Å²) in [7, 11) is 0. The van der Waals surface area contributed by atoms with Crippen LogP contribution in [-0.4, -0.2) is 23.5 Å². The number of hydrogen-bond acceptors (Lipinski definition) is 2. The summed E-state index contributed by atoms with van der Waals surface area (Å²) in [6, 6.07) is 0. The second-order valence-corrected chi connectivity index (χ2v) is 1.73. The highest BCUT2D eigenvalue weighted by Gasteiger charge is 2.12. The summed E-state index contributed by atoms with van der Waals surface area (Å²) in [6.07, 6.45) is 0. The van der Waals surface area contributed by atoms with Crippen LogP contribution in [0.3, 0.4) is 0 Å². The van der Waals surface area contributed by atoms with Crippen molar-refractivity contribution in [2.75, 3.05) is 12.4 Å². The third kappa shape index (κ3) is 2.14. The van der Waals surface area contributed by atoms with Crippen molar-refractivity contribution in [3.8, 4) is 0 Å². The van der Waals surface area contributed by atoms with Crippen molar-refractivity contribution in [1.29, 1.82) is 0 Å². The lowest BCUT2D eigenvalue weighted by molar-refractivity contribution is -0.140. The fraction of sp³-hybridized carbons (Fsp3) is 0.750. The summed E-state index contributed by atoms with van der Waals surface area (Å²) in [4.78, 5) is 10.00. The zero-order valence-corrected chi connectivity index (χ0v) is 5.06. The molecule has 4 heteroatoms. The van der Waals surface area contributed by atoms with Gasteiger partial charge in [0.25, 0.3) is 0 Å². The predicted molar refractivity (Wildman–Crippen MR) is 30.9 cm³/mol. The molecule has 0 aliphatic heterocycles. The molecule has 0 fully saturated rings. The lowest BCUT2D eigenvalue weighted by atomic mass is 10.2. The number of carbonyl (C=O) groups is 1. The molecule has 0 aliphatic carbocycles. The number of carboxylic acids is 1. The van der Waals surface area contributed by atoms with Gasteiger partial charge in [0.15, 0.2) is 0 Å². The summed E-state index contributed by atoms with van der Waals surface area (Å²) in [5, 5.41) is 8.21. The molecule has 0 heterocycles. The molecule has 1 unspecified atom stereocenters. The van der Waals surface area contributed by atoms with Gasteiger partial charge in [-0.1, -0.05) is 0 Å². The second-order valence-electron chi connectivity index (χ2n) is 1.43. The maximum absolute atomic E-state index is 10.00. The normalized spacial score (nSPS) is 13.2. The van der Waals surface area contributed by atoms with Gasteiger partial charge >= 0.3 is 5.97 Å². The molecule has 3 nitrogen and oxygen atoms in total. The monoisotopic (exact) mass is 137 g/mol. The smallest absolute Gasteiger partial charge is 0.308 e. The Morgan fingerprint density at radius 3 is 2.38 bits per heavy atom. The van der Waals surface area contributed by atoms with Crippen LogP contribution in [0, 0.1) is 5.92 Å². The molecular weight excluding hydrogens is 130 g/mol. The van der Waals surface area contributed by atoms with E-state index in [0.717, 1.165) is 0 Å². The van der Waals surface area contributed by atoms with Gasteiger partial charge in [-0.15, -0.1) is 11.6 Å². The Labute approximate surface area is 52.4 Å². The molecule has 3 N–H and O–H groups in total. The van der Waals surface area contributed by atoms with Crippen molar-refractivity contribution in [3.05, 3.63) is 0 Å². The number of alkyl halides is 1. The van der Waals surface area contributed by atoms with Crippen molar-refractivity contribution in [3.63, 3.8) is 0 Å². The van der Waals surface area contributed by atoms with Gasteiger partial charge in [0, 0.05) is 12.4 Å². The number of aliphatic carboxylic acids is 1. The van der Waals surface area contributed by atoms with E-state index in [1.165, 1.54) is 0 Å². The van der Waals surface area contributed by atoms with Crippen LogP contribution in [0.1, 0.15) is 0 Å². The van der Waals surface area contributed by atoms with E-state index in [9.17, 15) is 4.79 Å². The molecule has 0 rings (SSSR count). The van der Waals surface area contributed by atoms with Crippen LogP contribution < -0.4 is 5.73 Å². The maximum atomic E-state index is 10.00. The fourth-order valence-corrected chi connectivity index (χ4v) is 0.488. The average Bonchev–Trinajstić information content (AvgIpc) is 1.69. The molecule has 0 saturated heterocycles. The Bertz CT molecular complexity index is 82.1. The molecule has 0 aromatic rings. The zero-order chi connectivity index (χ0) is 6.57. The van der Waals surface area contributed by atoms with E-state index in [2.05, 4.69) is 0 Å². The van der Waals surface area contributed by atoms with Crippen LogP contribution in [0.5, 0.6) is 0 Å². The van der Waals surface area contributed by atoms with Crippen LogP contribution in [0.2, 0.25) is 0 Å². The van der Waals surface area contributed by atoms with Crippen molar-refractivity contribution >= 4 is 17.6 Å². The molecule has 0 aromatic heterocycles. The first-order chi connectivity index (χ1) is 3.72. The quantitative estimate of drug-likeness (QED) is 0.534. The lowest BCUT2D eigenvalue weighted by Gasteiger charge is -2.01. The van der Waals surface area contributed by atoms with Crippen LogP contribution in [0.15, 0.2) is 0 Å². The number of rotatable bonds is 3. The largest absolute Gasteiger partial charge is 0.481 e. The third-order valence-electron chi connectivity index (χ3n) is 0.820. The molecule has 0 radical (unpaired) electrons. The first-order valence-electron chi connectivity index (χ1n) is 2.21. The molecule has 0 bridgehead atoms. The highest BCUT2D eigenvalue weighted by molar-refractivity contribution is 6.19. The van der Waals surface area contributed by atoms with E-state index < -0.39 is 11.9 Å². The van der Waals surface area contributed by atoms with E-state index in [1.807, 2.05) is 0 Å². The molecule has 48 valence electrons. The van der Waals surface area contributed by atoms with E-state index in [-0.39, 0.29) is 12.4 Å². The highest BCUT2D eigenvalue weighted by atomic mass is 35.5. The molecule has 8 heavy (non-hydrogen) atoms. The van der Waals surface area contributed by atoms with Gasteiger partial charge in [0.1, 0.15) is 0 Å². The summed E-state index contributed by atoms with van der Waals surface area (Å²) in [5.41, 5.74) is 5.02. The number of hydrogen-bond donors (Lipinski definition) is 2. The van der Waals surface area contributed by atoms with E-state index in [1.54, 1.807) is 0 Å². The minimum atomic E-state index is -0.928. The van der Waals surface area contributed by atoms with Gasteiger partial charge in [-0.25, -0.2) is 0 Å². The maximum Gasteiger partial charge on any atom is 0.308 e. The minimum Gasteiger partial charge on any atom is -0.481 e.